The van der Waals surface area contributed by atoms with E-state index in [2.05, 4.69) is 25.2 Å². The highest BCUT2D eigenvalue weighted by Gasteiger charge is 2.16. The zero-order valence-electron chi connectivity index (χ0n) is 9.96. The first kappa shape index (κ1) is 12.5. The van der Waals surface area contributed by atoms with Crippen LogP contribution in [0, 0.1) is 16.7 Å². The molecule has 16 heavy (non-hydrogen) atoms. The van der Waals surface area contributed by atoms with Gasteiger partial charge in [0.1, 0.15) is 6.07 Å². The summed E-state index contributed by atoms with van der Waals surface area (Å²) in [4.78, 5) is 0. The maximum atomic E-state index is 8.94. The van der Waals surface area contributed by atoms with Crippen molar-refractivity contribution in [1.29, 1.82) is 5.26 Å². The zero-order chi connectivity index (χ0) is 12.0. The van der Waals surface area contributed by atoms with Crippen LogP contribution < -0.4 is 11.1 Å². The summed E-state index contributed by atoms with van der Waals surface area (Å²) in [7, 11) is 0. The van der Waals surface area contributed by atoms with Crippen molar-refractivity contribution in [3.8, 4) is 6.07 Å². The number of benzene rings is 1. The number of rotatable bonds is 5. The Hall–Kier alpha value is -1.53. The number of para-hydroxylation sites is 1. The Morgan fingerprint density at radius 1 is 1.38 bits per heavy atom. The normalized spacial score (nSPS) is 10.9. The summed E-state index contributed by atoms with van der Waals surface area (Å²) in [6, 6.07) is 9.72. The van der Waals surface area contributed by atoms with Crippen molar-refractivity contribution in [2.75, 3.05) is 18.4 Å². The third kappa shape index (κ3) is 3.56. The SMILES string of the molecule is CC(C)(CCN)CNc1ccccc1C#N. The van der Waals surface area contributed by atoms with E-state index in [1.165, 1.54) is 0 Å². The molecule has 0 bridgehead atoms. The monoisotopic (exact) mass is 217 g/mol. The van der Waals surface area contributed by atoms with Gasteiger partial charge in [-0.25, -0.2) is 0 Å². The lowest BCUT2D eigenvalue weighted by atomic mass is 9.89. The molecule has 0 radical (unpaired) electrons. The van der Waals surface area contributed by atoms with Crippen LogP contribution in [0.15, 0.2) is 24.3 Å². The molecule has 0 spiro atoms. The molecule has 0 aromatic heterocycles. The summed E-state index contributed by atoms with van der Waals surface area (Å²) in [5.41, 5.74) is 7.29. The van der Waals surface area contributed by atoms with E-state index in [1.54, 1.807) is 0 Å². The van der Waals surface area contributed by atoms with Crippen LogP contribution in [-0.4, -0.2) is 13.1 Å². The van der Waals surface area contributed by atoms with Gasteiger partial charge in [0.2, 0.25) is 0 Å². The molecule has 0 saturated heterocycles. The molecule has 3 N–H and O–H groups in total. The lowest BCUT2D eigenvalue weighted by molar-refractivity contribution is 0.365. The van der Waals surface area contributed by atoms with Gasteiger partial charge in [-0.2, -0.15) is 5.26 Å². The van der Waals surface area contributed by atoms with Gasteiger partial charge in [-0.05, 0) is 30.5 Å². The summed E-state index contributed by atoms with van der Waals surface area (Å²) in [5, 5.41) is 12.3. The molecule has 3 heteroatoms. The largest absolute Gasteiger partial charge is 0.383 e. The van der Waals surface area contributed by atoms with Crippen molar-refractivity contribution in [2.24, 2.45) is 11.1 Å². The van der Waals surface area contributed by atoms with Crippen LogP contribution in [0.2, 0.25) is 0 Å². The van der Waals surface area contributed by atoms with Crippen LogP contribution in [0.25, 0.3) is 0 Å². The molecular formula is C13H19N3. The van der Waals surface area contributed by atoms with Gasteiger partial charge in [-0.1, -0.05) is 26.0 Å². The van der Waals surface area contributed by atoms with Gasteiger partial charge >= 0.3 is 0 Å². The number of nitrogens with zero attached hydrogens (tertiary/aromatic N) is 1. The Morgan fingerprint density at radius 2 is 2.06 bits per heavy atom. The van der Waals surface area contributed by atoms with Gasteiger partial charge in [-0.3, -0.25) is 0 Å². The van der Waals surface area contributed by atoms with E-state index < -0.39 is 0 Å². The molecule has 0 heterocycles. The van der Waals surface area contributed by atoms with Crippen LogP contribution in [0.5, 0.6) is 0 Å². The third-order valence-corrected chi connectivity index (χ3v) is 2.63. The molecule has 1 aromatic carbocycles. The minimum atomic E-state index is 0.150. The maximum absolute atomic E-state index is 8.94. The van der Waals surface area contributed by atoms with Crippen molar-refractivity contribution in [3.63, 3.8) is 0 Å². The molecule has 0 aliphatic heterocycles. The Morgan fingerprint density at radius 3 is 2.69 bits per heavy atom. The van der Waals surface area contributed by atoms with Gasteiger partial charge in [0, 0.05) is 6.54 Å². The summed E-state index contributed by atoms with van der Waals surface area (Å²) in [6.07, 6.45) is 0.967. The van der Waals surface area contributed by atoms with E-state index in [1.807, 2.05) is 24.3 Å². The quantitative estimate of drug-likeness (QED) is 0.795. The second-order valence-corrected chi connectivity index (χ2v) is 4.71. The fourth-order valence-corrected chi connectivity index (χ4v) is 1.55. The lowest BCUT2D eigenvalue weighted by Crippen LogP contribution is -2.26. The first-order chi connectivity index (χ1) is 7.59. The maximum Gasteiger partial charge on any atom is 0.101 e. The number of nitriles is 1. The summed E-state index contributed by atoms with van der Waals surface area (Å²) < 4.78 is 0. The Kier molecular flexibility index (Phi) is 4.33. The number of hydrogen-bond donors (Lipinski definition) is 2. The Balaban J connectivity index is 2.65. The van der Waals surface area contributed by atoms with Crippen LogP contribution in [-0.2, 0) is 0 Å². The Labute approximate surface area is 97.3 Å². The van der Waals surface area contributed by atoms with E-state index in [0.717, 1.165) is 18.7 Å². The highest BCUT2D eigenvalue weighted by Crippen LogP contribution is 2.21. The fraction of sp³-hybridized carbons (Fsp3) is 0.462. The first-order valence-electron chi connectivity index (χ1n) is 5.52. The summed E-state index contributed by atoms with van der Waals surface area (Å²) in [5.74, 6) is 0. The van der Waals surface area contributed by atoms with Gasteiger partial charge < -0.3 is 11.1 Å². The van der Waals surface area contributed by atoms with Crippen LogP contribution in [0.3, 0.4) is 0 Å². The standard InChI is InChI=1S/C13H19N3/c1-13(2,7-8-14)10-16-12-6-4-3-5-11(12)9-15/h3-6,16H,7-8,10,14H2,1-2H3. The highest BCUT2D eigenvalue weighted by molar-refractivity contribution is 5.57. The zero-order valence-corrected chi connectivity index (χ0v) is 9.96. The molecule has 0 aliphatic carbocycles. The van der Waals surface area contributed by atoms with Crippen molar-refractivity contribution >= 4 is 5.69 Å². The minimum absolute atomic E-state index is 0.150. The second kappa shape index (κ2) is 5.53. The van der Waals surface area contributed by atoms with E-state index in [0.29, 0.717) is 12.1 Å². The number of nitrogens with two attached hydrogens (primary N) is 1. The van der Waals surface area contributed by atoms with Crippen LogP contribution in [0.1, 0.15) is 25.8 Å². The number of anilines is 1. The predicted octanol–water partition coefficient (Wildman–Crippen LogP) is 2.35. The van der Waals surface area contributed by atoms with Crippen molar-refractivity contribution in [2.45, 2.75) is 20.3 Å². The molecule has 0 unspecified atom stereocenters. The smallest absolute Gasteiger partial charge is 0.101 e. The second-order valence-electron chi connectivity index (χ2n) is 4.71. The molecule has 1 rings (SSSR count). The molecule has 0 atom stereocenters. The number of hydrogen-bond acceptors (Lipinski definition) is 3. The van der Waals surface area contributed by atoms with Gasteiger partial charge in [0.25, 0.3) is 0 Å². The summed E-state index contributed by atoms with van der Waals surface area (Å²) >= 11 is 0. The van der Waals surface area contributed by atoms with Crippen LogP contribution in [0.4, 0.5) is 5.69 Å². The predicted molar refractivity (Wildman–Crippen MR) is 67.1 cm³/mol. The molecule has 86 valence electrons. The van der Waals surface area contributed by atoms with Crippen molar-refractivity contribution in [3.05, 3.63) is 29.8 Å². The number of nitrogens with one attached hydrogen (secondary N) is 1. The highest BCUT2D eigenvalue weighted by atomic mass is 14.9. The lowest BCUT2D eigenvalue weighted by Gasteiger charge is -2.25. The third-order valence-electron chi connectivity index (χ3n) is 2.63. The molecule has 0 fully saturated rings. The molecule has 0 aliphatic rings. The van der Waals surface area contributed by atoms with Gasteiger partial charge in [0.15, 0.2) is 0 Å². The molecular weight excluding hydrogens is 198 g/mol. The van der Waals surface area contributed by atoms with E-state index in [9.17, 15) is 0 Å². The summed E-state index contributed by atoms with van der Waals surface area (Å²) in [6.45, 7) is 5.85. The average Bonchev–Trinajstić information content (AvgIpc) is 2.27. The fourth-order valence-electron chi connectivity index (χ4n) is 1.55. The van der Waals surface area contributed by atoms with Crippen molar-refractivity contribution in [1.82, 2.24) is 0 Å². The molecule has 1 aromatic rings. The molecule has 0 amide bonds. The molecule has 0 saturated carbocycles. The average molecular weight is 217 g/mol. The van der Waals surface area contributed by atoms with Crippen molar-refractivity contribution < 1.29 is 0 Å². The van der Waals surface area contributed by atoms with Gasteiger partial charge in [-0.15, -0.1) is 0 Å². The Bertz CT molecular complexity index is 377. The first-order valence-corrected chi connectivity index (χ1v) is 5.52. The van der Waals surface area contributed by atoms with Crippen LogP contribution >= 0.6 is 0 Å². The van der Waals surface area contributed by atoms with E-state index in [4.69, 9.17) is 11.0 Å². The van der Waals surface area contributed by atoms with E-state index >= 15 is 0 Å². The topological polar surface area (TPSA) is 61.8 Å². The van der Waals surface area contributed by atoms with E-state index in [-0.39, 0.29) is 5.41 Å². The minimum Gasteiger partial charge on any atom is -0.383 e. The molecule has 3 nitrogen and oxygen atoms in total. The van der Waals surface area contributed by atoms with Gasteiger partial charge in [0.05, 0.1) is 11.3 Å².